The lowest BCUT2D eigenvalue weighted by Crippen LogP contribution is -2.09. The highest BCUT2D eigenvalue weighted by Gasteiger charge is 2.13. The van der Waals surface area contributed by atoms with Crippen LogP contribution in [0.4, 0.5) is 0 Å². The van der Waals surface area contributed by atoms with Crippen molar-refractivity contribution in [2.24, 2.45) is 0 Å². The Balaban J connectivity index is 2.41. The molecule has 0 bridgehead atoms. The fourth-order valence-electron chi connectivity index (χ4n) is 1.32. The van der Waals surface area contributed by atoms with Crippen LogP contribution in [0.15, 0.2) is 24.8 Å². The van der Waals surface area contributed by atoms with Gasteiger partial charge < -0.3 is 0 Å². The minimum atomic E-state index is 0.358. The molecule has 0 radical (unpaired) electrons. The van der Waals surface area contributed by atoms with E-state index in [9.17, 15) is 0 Å². The van der Waals surface area contributed by atoms with E-state index < -0.39 is 0 Å². The molecule has 5 nitrogen and oxygen atoms in total. The molecular weight excluding hydrogens is 190 g/mol. The third-order valence-electron chi connectivity index (χ3n) is 2.37. The van der Waals surface area contributed by atoms with Gasteiger partial charge in [-0.25, -0.2) is 15.0 Å². The van der Waals surface area contributed by atoms with E-state index >= 15 is 0 Å². The highest BCUT2D eigenvalue weighted by molar-refractivity contribution is 5.12. The summed E-state index contributed by atoms with van der Waals surface area (Å²) in [5.41, 5.74) is 0. The van der Waals surface area contributed by atoms with Crippen LogP contribution < -0.4 is 0 Å². The van der Waals surface area contributed by atoms with Crippen LogP contribution in [0, 0.1) is 0 Å². The van der Waals surface area contributed by atoms with Crippen LogP contribution in [0.1, 0.15) is 32.0 Å². The number of hydrogen-bond acceptors (Lipinski definition) is 4. The van der Waals surface area contributed by atoms with E-state index in [1.807, 2.05) is 0 Å². The summed E-state index contributed by atoms with van der Waals surface area (Å²) in [7, 11) is 0. The van der Waals surface area contributed by atoms with Gasteiger partial charge in [-0.15, -0.1) is 0 Å². The zero-order valence-electron chi connectivity index (χ0n) is 8.83. The molecule has 2 aromatic rings. The lowest BCUT2D eigenvalue weighted by molar-refractivity contribution is 0.632. The van der Waals surface area contributed by atoms with E-state index in [2.05, 4.69) is 33.9 Å². The average Bonchev–Trinajstić information content (AvgIpc) is 2.78. The van der Waals surface area contributed by atoms with E-state index in [1.165, 1.54) is 6.33 Å². The monoisotopic (exact) mass is 203 g/mol. The molecule has 0 spiro atoms. The lowest BCUT2D eigenvalue weighted by Gasteiger charge is -2.08. The van der Waals surface area contributed by atoms with Crippen LogP contribution in [0.25, 0.3) is 5.95 Å². The predicted molar refractivity (Wildman–Crippen MR) is 55.7 cm³/mol. The van der Waals surface area contributed by atoms with Crippen molar-refractivity contribution in [2.45, 2.75) is 26.2 Å². The van der Waals surface area contributed by atoms with Crippen LogP contribution in [-0.4, -0.2) is 24.7 Å². The largest absolute Gasteiger partial charge is 0.252 e. The first kappa shape index (κ1) is 9.76. The summed E-state index contributed by atoms with van der Waals surface area (Å²) in [5, 5.41) is 4.14. The number of rotatable bonds is 3. The summed E-state index contributed by atoms with van der Waals surface area (Å²) in [6, 6.07) is 1.78. The fourth-order valence-corrected chi connectivity index (χ4v) is 1.32. The van der Waals surface area contributed by atoms with Crippen molar-refractivity contribution < 1.29 is 0 Å². The quantitative estimate of drug-likeness (QED) is 0.759. The van der Waals surface area contributed by atoms with Crippen molar-refractivity contribution in [3.63, 3.8) is 0 Å². The molecule has 1 unspecified atom stereocenters. The Morgan fingerprint density at radius 2 is 2.00 bits per heavy atom. The zero-order valence-corrected chi connectivity index (χ0v) is 8.83. The maximum absolute atomic E-state index is 4.24. The van der Waals surface area contributed by atoms with E-state index in [0.29, 0.717) is 11.9 Å². The van der Waals surface area contributed by atoms with Gasteiger partial charge in [-0.3, -0.25) is 0 Å². The first-order valence-corrected chi connectivity index (χ1v) is 5.00. The number of aromatic nitrogens is 5. The van der Waals surface area contributed by atoms with Gasteiger partial charge in [-0.2, -0.15) is 9.78 Å². The summed E-state index contributed by atoms with van der Waals surface area (Å²) >= 11 is 0. The van der Waals surface area contributed by atoms with Crippen molar-refractivity contribution >= 4 is 0 Å². The lowest BCUT2D eigenvalue weighted by atomic mass is 10.1. The van der Waals surface area contributed by atoms with Crippen LogP contribution >= 0.6 is 0 Å². The summed E-state index contributed by atoms with van der Waals surface area (Å²) < 4.78 is 1.69. The maximum atomic E-state index is 4.24. The fraction of sp³-hybridized carbons (Fsp3) is 0.400. The smallest absolute Gasteiger partial charge is 0.220 e. The molecule has 0 aliphatic heterocycles. The van der Waals surface area contributed by atoms with Gasteiger partial charge in [0, 0.05) is 18.3 Å². The normalized spacial score (nSPS) is 12.7. The molecule has 5 heteroatoms. The van der Waals surface area contributed by atoms with Crippen LogP contribution in [0.3, 0.4) is 0 Å². The minimum Gasteiger partial charge on any atom is -0.220 e. The minimum absolute atomic E-state index is 0.358. The van der Waals surface area contributed by atoms with Gasteiger partial charge in [0.25, 0.3) is 5.95 Å². The Hall–Kier alpha value is -1.78. The van der Waals surface area contributed by atoms with Crippen LogP contribution in [0.5, 0.6) is 0 Å². The Kier molecular flexibility index (Phi) is 2.71. The maximum Gasteiger partial charge on any atom is 0.252 e. The molecule has 2 rings (SSSR count). The summed E-state index contributed by atoms with van der Waals surface area (Å²) in [4.78, 5) is 12.5. The predicted octanol–water partition coefficient (Wildman–Crippen LogP) is 1.57. The van der Waals surface area contributed by atoms with Crippen molar-refractivity contribution in [2.75, 3.05) is 0 Å². The highest BCUT2D eigenvalue weighted by Crippen LogP contribution is 2.16. The van der Waals surface area contributed by atoms with Crippen LogP contribution in [0.2, 0.25) is 0 Å². The topological polar surface area (TPSA) is 56.5 Å². The van der Waals surface area contributed by atoms with E-state index in [-0.39, 0.29) is 0 Å². The number of hydrogen-bond donors (Lipinski definition) is 0. The molecule has 78 valence electrons. The Labute approximate surface area is 88.2 Å². The van der Waals surface area contributed by atoms with Crippen LogP contribution in [-0.2, 0) is 0 Å². The molecule has 15 heavy (non-hydrogen) atoms. The van der Waals surface area contributed by atoms with E-state index in [1.54, 1.807) is 23.1 Å². The SMILES string of the molecule is CCC(C)c1ncnn1-c1ncccn1. The molecule has 0 saturated heterocycles. The third kappa shape index (κ3) is 1.86. The van der Waals surface area contributed by atoms with E-state index in [0.717, 1.165) is 12.2 Å². The third-order valence-corrected chi connectivity index (χ3v) is 2.37. The second kappa shape index (κ2) is 4.16. The second-order valence-corrected chi connectivity index (χ2v) is 3.39. The van der Waals surface area contributed by atoms with Gasteiger partial charge in [-0.05, 0) is 12.5 Å². The highest BCUT2D eigenvalue weighted by atomic mass is 15.4. The van der Waals surface area contributed by atoms with Gasteiger partial charge >= 0.3 is 0 Å². The second-order valence-electron chi connectivity index (χ2n) is 3.39. The van der Waals surface area contributed by atoms with Crippen molar-refractivity contribution in [1.82, 2.24) is 24.7 Å². The zero-order chi connectivity index (χ0) is 10.7. The Morgan fingerprint density at radius 3 is 2.67 bits per heavy atom. The molecule has 2 heterocycles. The van der Waals surface area contributed by atoms with Crippen molar-refractivity contribution in [1.29, 1.82) is 0 Å². The molecular formula is C10H13N5. The van der Waals surface area contributed by atoms with E-state index in [4.69, 9.17) is 0 Å². The molecule has 0 N–H and O–H groups in total. The molecule has 0 aliphatic carbocycles. The summed E-state index contributed by atoms with van der Waals surface area (Å²) in [6.45, 7) is 4.24. The van der Waals surface area contributed by atoms with Gasteiger partial charge in [0.1, 0.15) is 12.2 Å². The number of nitrogens with zero attached hydrogens (tertiary/aromatic N) is 5. The van der Waals surface area contributed by atoms with Gasteiger partial charge in [-0.1, -0.05) is 13.8 Å². The van der Waals surface area contributed by atoms with Crippen molar-refractivity contribution in [3.05, 3.63) is 30.6 Å². The summed E-state index contributed by atoms with van der Waals surface area (Å²) in [6.07, 6.45) is 5.96. The Morgan fingerprint density at radius 1 is 1.27 bits per heavy atom. The molecule has 0 aliphatic rings. The molecule has 0 aromatic carbocycles. The molecule has 1 atom stereocenters. The Bertz CT molecular complexity index is 422. The summed E-state index contributed by atoms with van der Waals surface area (Å²) in [5.74, 6) is 1.84. The molecule has 0 fully saturated rings. The first-order valence-electron chi connectivity index (χ1n) is 5.00. The first-order chi connectivity index (χ1) is 7.33. The van der Waals surface area contributed by atoms with Crippen molar-refractivity contribution in [3.8, 4) is 5.95 Å². The van der Waals surface area contributed by atoms with Gasteiger partial charge in [0.2, 0.25) is 0 Å². The molecule has 0 saturated carbocycles. The molecule has 2 aromatic heterocycles. The average molecular weight is 203 g/mol. The molecule has 0 amide bonds. The standard InChI is InChI=1S/C10H13N5/c1-3-8(2)9-13-7-14-15(9)10-11-5-4-6-12-10/h4-8H,3H2,1-2H3. The van der Waals surface area contributed by atoms with Gasteiger partial charge in [0.15, 0.2) is 0 Å². The van der Waals surface area contributed by atoms with Gasteiger partial charge in [0.05, 0.1) is 0 Å².